The van der Waals surface area contributed by atoms with Gasteiger partial charge in [-0.25, -0.2) is 9.97 Å². The highest BCUT2D eigenvalue weighted by atomic mass is 16.2. The van der Waals surface area contributed by atoms with E-state index in [1.54, 1.807) is 4.90 Å². The molecule has 3 amide bonds. The van der Waals surface area contributed by atoms with E-state index in [2.05, 4.69) is 15.5 Å². The number of nitrogens with one attached hydrogen (secondary N) is 2. The van der Waals surface area contributed by atoms with Crippen molar-refractivity contribution in [2.24, 2.45) is 11.7 Å². The Bertz CT molecular complexity index is 987. The summed E-state index contributed by atoms with van der Waals surface area (Å²) in [5, 5.41) is 6.59. The minimum atomic E-state index is -0.542. The first-order valence-electron chi connectivity index (χ1n) is 10.8. The maximum atomic E-state index is 12.2. The van der Waals surface area contributed by atoms with Gasteiger partial charge in [-0.1, -0.05) is 26.0 Å². The van der Waals surface area contributed by atoms with Gasteiger partial charge in [-0.3, -0.25) is 19.3 Å². The van der Waals surface area contributed by atoms with Crippen LogP contribution in [0.25, 0.3) is 10.9 Å². The predicted octanol–water partition coefficient (Wildman–Crippen LogP) is 0.332. The monoisotopic (exact) mass is 441 g/mol. The molecule has 0 aliphatic carbocycles. The van der Waals surface area contributed by atoms with Crippen molar-refractivity contribution in [2.45, 2.75) is 33.4 Å². The number of aromatic nitrogens is 2. The zero-order valence-electron chi connectivity index (χ0n) is 18.8. The number of benzene rings is 1. The third kappa shape index (κ3) is 5.91. The van der Waals surface area contributed by atoms with Crippen molar-refractivity contribution < 1.29 is 14.4 Å². The van der Waals surface area contributed by atoms with Gasteiger partial charge in [0, 0.05) is 38.5 Å². The van der Waals surface area contributed by atoms with E-state index >= 15 is 0 Å². The summed E-state index contributed by atoms with van der Waals surface area (Å²) in [4.78, 5) is 48.4. The highest BCUT2D eigenvalue weighted by Crippen LogP contribution is 2.23. The second kappa shape index (κ2) is 10.4. The van der Waals surface area contributed by atoms with Crippen LogP contribution in [-0.4, -0.2) is 76.3 Å². The molecule has 4 N–H and O–H groups in total. The van der Waals surface area contributed by atoms with E-state index in [4.69, 9.17) is 15.7 Å². The van der Waals surface area contributed by atoms with E-state index < -0.39 is 11.9 Å². The fraction of sp³-hybridized carbons (Fsp3) is 0.500. The molecular formula is C22H31N7O3. The van der Waals surface area contributed by atoms with Crippen LogP contribution >= 0.6 is 0 Å². The summed E-state index contributed by atoms with van der Waals surface area (Å²) in [6.07, 6.45) is 0. The van der Waals surface area contributed by atoms with Crippen molar-refractivity contribution in [1.82, 2.24) is 25.1 Å². The Morgan fingerprint density at radius 2 is 1.78 bits per heavy atom. The fourth-order valence-corrected chi connectivity index (χ4v) is 3.69. The standard InChI is InChI=1S/C22H31N7O3/c1-14(2)20(21(23)32)27-22-16-6-4-5-7-17(16)25-18(26-22)13-28-8-10-29(11-9-28)19(31)12-24-15(3)30/h4-7,14,20H,8-13H2,1-3H3,(H2,23,32)(H,24,30)(H,25,26,27)/t20-/m0/s1. The number of piperazine rings is 1. The number of carbonyl (C=O) groups is 3. The van der Waals surface area contributed by atoms with Crippen LogP contribution in [-0.2, 0) is 20.9 Å². The van der Waals surface area contributed by atoms with Crippen molar-refractivity contribution >= 4 is 34.4 Å². The van der Waals surface area contributed by atoms with Gasteiger partial charge in [0.1, 0.15) is 17.7 Å². The number of nitrogens with two attached hydrogens (primary N) is 1. The van der Waals surface area contributed by atoms with Crippen LogP contribution in [0.4, 0.5) is 5.82 Å². The summed E-state index contributed by atoms with van der Waals surface area (Å²) in [5.74, 6) is 0.505. The lowest BCUT2D eigenvalue weighted by molar-refractivity contribution is -0.134. The summed E-state index contributed by atoms with van der Waals surface area (Å²) in [5.41, 5.74) is 6.37. The van der Waals surface area contributed by atoms with E-state index in [0.29, 0.717) is 44.4 Å². The van der Waals surface area contributed by atoms with Gasteiger partial charge in [0.25, 0.3) is 0 Å². The molecule has 1 aliphatic rings. The number of hydrogen-bond donors (Lipinski definition) is 3. The van der Waals surface area contributed by atoms with Gasteiger partial charge < -0.3 is 21.3 Å². The molecule has 32 heavy (non-hydrogen) atoms. The third-order valence-electron chi connectivity index (χ3n) is 5.49. The van der Waals surface area contributed by atoms with Gasteiger partial charge in [-0.05, 0) is 18.1 Å². The molecule has 172 valence electrons. The van der Waals surface area contributed by atoms with Gasteiger partial charge in [0.15, 0.2) is 0 Å². The summed E-state index contributed by atoms with van der Waals surface area (Å²) in [7, 11) is 0. The van der Waals surface area contributed by atoms with E-state index in [1.165, 1.54) is 6.92 Å². The van der Waals surface area contributed by atoms with Gasteiger partial charge in [0.2, 0.25) is 17.7 Å². The number of carbonyl (C=O) groups excluding carboxylic acids is 3. The maximum absolute atomic E-state index is 12.2. The Balaban J connectivity index is 1.71. The topological polar surface area (TPSA) is 134 Å². The average Bonchev–Trinajstić information content (AvgIpc) is 2.75. The number of anilines is 1. The molecule has 1 aromatic heterocycles. The molecular weight excluding hydrogens is 410 g/mol. The van der Waals surface area contributed by atoms with Crippen LogP contribution < -0.4 is 16.4 Å². The number of primary amides is 1. The molecule has 0 bridgehead atoms. The van der Waals surface area contributed by atoms with Crippen LogP contribution in [0.3, 0.4) is 0 Å². The normalized spacial score (nSPS) is 15.6. The van der Waals surface area contributed by atoms with E-state index in [0.717, 1.165) is 10.9 Å². The zero-order chi connectivity index (χ0) is 23.3. The molecule has 0 saturated carbocycles. The Kier molecular flexibility index (Phi) is 7.57. The molecule has 0 unspecified atom stereocenters. The van der Waals surface area contributed by atoms with Crippen molar-refractivity contribution in [2.75, 3.05) is 38.0 Å². The molecule has 2 heterocycles. The first-order chi connectivity index (χ1) is 15.2. The van der Waals surface area contributed by atoms with Crippen LogP contribution in [0.1, 0.15) is 26.6 Å². The number of hydrogen-bond acceptors (Lipinski definition) is 7. The minimum Gasteiger partial charge on any atom is -0.368 e. The first kappa shape index (κ1) is 23.4. The summed E-state index contributed by atoms with van der Waals surface area (Å²) in [6.45, 7) is 8.32. The molecule has 1 saturated heterocycles. The number of para-hydroxylation sites is 1. The number of fused-ring (bicyclic) bond motifs is 1. The molecule has 0 spiro atoms. The molecule has 1 fully saturated rings. The second-order valence-corrected chi connectivity index (χ2v) is 8.34. The van der Waals surface area contributed by atoms with Gasteiger partial charge >= 0.3 is 0 Å². The van der Waals surface area contributed by atoms with Crippen LogP contribution in [0.5, 0.6) is 0 Å². The Labute approximate surface area is 187 Å². The first-order valence-corrected chi connectivity index (χ1v) is 10.8. The molecule has 2 aromatic rings. The lowest BCUT2D eigenvalue weighted by Crippen LogP contribution is -2.50. The van der Waals surface area contributed by atoms with Crippen LogP contribution in [0, 0.1) is 5.92 Å². The van der Waals surface area contributed by atoms with Gasteiger partial charge in [-0.2, -0.15) is 0 Å². The maximum Gasteiger partial charge on any atom is 0.242 e. The minimum absolute atomic E-state index is 0.00721. The Hall–Kier alpha value is -3.27. The lowest BCUT2D eigenvalue weighted by Gasteiger charge is -2.34. The SMILES string of the molecule is CC(=O)NCC(=O)N1CCN(Cc2nc(N[C@H](C(N)=O)C(C)C)c3ccccc3n2)CC1. The van der Waals surface area contributed by atoms with E-state index in [-0.39, 0.29) is 24.3 Å². The van der Waals surface area contributed by atoms with Crippen molar-refractivity contribution in [3.8, 4) is 0 Å². The quantitative estimate of drug-likeness (QED) is 0.538. The van der Waals surface area contributed by atoms with E-state index in [1.807, 2.05) is 38.1 Å². The number of rotatable bonds is 8. The Morgan fingerprint density at radius 3 is 2.41 bits per heavy atom. The van der Waals surface area contributed by atoms with Crippen LogP contribution in [0.15, 0.2) is 24.3 Å². The molecule has 1 aromatic carbocycles. The molecule has 1 aliphatic heterocycles. The van der Waals surface area contributed by atoms with Crippen LogP contribution in [0.2, 0.25) is 0 Å². The van der Waals surface area contributed by atoms with Crippen molar-refractivity contribution in [3.05, 3.63) is 30.1 Å². The van der Waals surface area contributed by atoms with Gasteiger partial charge in [0.05, 0.1) is 18.6 Å². The number of amides is 3. The zero-order valence-corrected chi connectivity index (χ0v) is 18.8. The van der Waals surface area contributed by atoms with Crippen molar-refractivity contribution in [1.29, 1.82) is 0 Å². The molecule has 1 atom stereocenters. The molecule has 3 rings (SSSR count). The summed E-state index contributed by atoms with van der Waals surface area (Å²) >= 11 is 0. The molecule has 10 heteroatoms. The predicted molar refractivity (Wildman–Crippen MR) is 122 cm³/mol. The smallest absolute Gasteiger partial charge is 0.242 e. The summed E-state index contributed by atoms with van der Waals surface area (Å²) < 4.78 is 0. The molecule has 0 radical (unpaired) electrons. The number of nitrogens with zero attached hydrogens (tertiary/aromatic N) is 4. The fourth-order valence-electron chi connectivity index (χ4n) is 3.69. The molecule has 10 nitrogen and oxygen atoms in total. The summed E-state index contributed by atoms with van der Waals surface area (Å²) in [6, 6.07) is 7.11. The third-order valence-corrected chi connectivity index (χ3v) is 5.49. The van der Waals surface area contributed by atoms with Gasteiger partial charge in [-0.15, -0.1) is 0 Å². The largest absolute Gasteiger partial charge is 0.368 e. The second-order valence-electron chi connectivity index (χ2n) is 8.34. The average molecular weight is 442 g/mol. The highest BCUT2D eigenvalue weighted by Gasteiger charge is 2.24. The van der Waals surface area contributed by atoms with Crippen molar-refractivity contribution in [3.63, 3.8) is 0 Å². The highest BCUT2D eigenvalue weighted by molar-refractivity contribution is 5.92. The Morgan fingerprint density at radius 1 is 1.09 bits per heavy atom. The lowest BCUT2D eigenvalue weighted by atomic mass is 10.0. The van der Waals surface area contributed by atoms with E-state index in [9.17, 15) is 14.4 Å².